The Morgan fingerprint density at radius 1 is 1.69 bits per heavy atom. The maximum Gasteiger partial charge on any atom is 0.164 e. The Morgan fingerprint density at radius 2 is 2.46 bits per heavy atom. The van der Waals surface area contributed by atoms with E-state index in [0.717, 1.165) is 9.35 Å². The van der Waals surface area contributed by atoms with Crippen LogP contribution in [0.2, 0.25) is 0 Å². The molecule has 1 aromatic rings. The lowest BCUT2D eigenvalue weighted by Crippen LogP contribution is -1.95. The lowest BCUT2D eigenvalue weighted by molar-refractivity contribution is 0.0985. The molecule has 1 heterocycles. The van der Waals surface area contributed by atoms with Gasteiger partial charge in [-0.1, -0.05) is 0 Å². The number of carbonyl (C=O) groups excluding carboxylic acids is 1. The summed E-state index contributed by atoms with van der Waals surface area (Å²) >= 11 is 4.85. The first-order valence-electron chi connectivity index (χ1n) is 3.91. The zero-order chi connectivity index (χ0) is 9.68. The van der Waals surface area contributed by atoms with Crippen molar-refractivity contribution in [2.45, 2.75) is 19.8 Å². The van der Waals surface area contributed by atoms with Gasteiger partial charge < -0.3 is 0 Å². The van der Waals surface area contributed by atoms with Crippen LogP contribution in [0.3, 0.4) is 0 Å². The second-order valence-corrected chi connectivity index (χ2v) is 4.78. The summed E-state index contributed by atoms with van der Waals surface area (Å²) in [5.74, 6) is 5.82. The highest BCUT2D eigenvalue weighted by molar-refractivity contribution is 9.11. The minimum absolute atomic E-state index is 0.171. The number of rotatable bonds is 3. The summed E-state index contributed by atoms with van der Waals surface area (Å²) in [5, 5.41) is 1.87. The molecule has 0 unspecified atom stereocenters. The highest BCUT2D eigenvalue weighted by atomic mass is 79.9. The molecule has 0 bridgehead atoms. The first-order chi connectivity index (χ1) is 6.24. The molecular weight excluding hydrogens is 248 g/mol. The lowest BCUT2D eigenvalue weighted by atomic mass is 10.1. The zero-order valence-electron chi connectivity index (χ0n) is 7.26. The van der Waals surface area contributed by atoms with Gasteiger partial charge in [-0.05, 0) is 28.9 Å². The highest BCUT2D eigenvalue weighted by Crippen LogP contribution is 2.21. The van der Waals surface area contributed by atoms with Gasteiger partial charge in [0, 0.05) is 23.8 Å². The normalized spacial score (nSPS) is 9.08. The number of ketones is 1. The van der Waals surface area contributed by atoms with E-state index in [2.05, 4.69) is 27.8 Å². The standard InChI is InChI=1S/C10H9BrOS/c1-2-3-4-5-9(12)8-6-10(11)13-7-8/h6-7H,4-5H2,1H3. The first-order valence-corrected chi connectivity index (χ1v) is 5.58. The van der Waals surface area contributed by atoms with Crippen molar-refractivity contribution in [2.75, 3.05) is 0 Å². The molecule has 3 heteroatoms. The van der Waals surface area contributed by atoms with Gasteiger partial charge in [0.05, 0.1) is 3.79 Å². The summed E-state index contributed by atoms with van der Waals surface area (Å²) in [7, 11) is 0. The minimum atomic E-state index is 0.171. The Balaban J connectivity index is 2.52. The zero-order valence-corrected chi connectivity index (χ0v) is 9.67. The molecule has 13 heavy (non-hydrogen) atoms. The van der Waals surface area contributed by atoms with Gasteiger partial charge in [-0.25, -0.2) is 0 Å². The predicted octanol–water partition coefficient (Wildman–Crippen LogP) is 3.50. The van der Waals surface area contributed by atoms with E-state index in [0.29, 0.717) is 12.8 Å². The van der Waals surface area contributed by atoms with E-state index in [1.165, 1.54) is 11.3 Å². The number of carbonyl (C=O) groups is 1. The summed E-state index contributed by atoms with van der Waals surface area (Å²) in [5.41, 5.74) is 0.787. The summed E-state index contributed by atoms with van der Waals surface area (Å²) in [6.07, 6.45) is 1.17. The van der Waals surface area contributed by atoms with Gasteiger partial charge in [0.25, 0.3) is 0 Å². The van der Waals surface area contributed by atoms with E-state index in [-0.39, 0.29) is 5.78 Å². The molecule has 1 rings (SSSR count). The summed E-state index contributed by atoms with van der Waals surface area (Å²) < 4.78 is 0.998. The van der Waals surface area contributed by atoms with Crippen molar-refractivity contribution in [2.24, 2.45) is 0 Å². The molecule has 0 radical (unpaired) electrons. The van der Waals surface area contributed by atoms with Gasteiger partial charge in [0.1, 0.15) is 0 Å². The molecule has 1 aromatic heterocycles. The molecule has 0 aliphatic rings. The van der Waals surface area contributed by atoms with E-state index in [1.807, 2.05) is 11.4 Å². The Kier molecular flexibility index (Phi) is 4.20. The smallest absolute Gasteiger partial charge is 0.164 e. The Hall–Kier alpha value is -0.590. The average Bonchev–Trinajstić information content (AvgIpc) is 2.52. The van der Waals surface area contributed by atoms with Crippen molar-refractivity contribution in [3.63, 3.8) is 0 Å². The van der Waals surface area contributed by atoms with Crippen LogP contribution in [0, 0.1) is 11.8 Å². The average molecular weight is 257 g/mol. The Morgan fingerprint density at radius 3 is 3.00 bits per heavy atom. The third-order valence-electron chi connectivity index (χ3n) is 1.54. The van der Waals surface area contributed by atoms with Crippen LogP contribution in [0.5, 0.6) is 0 Å². The molecule has 0 aliphatic carbocycles. The summed E-state index contributed by atoms with van der Waals surface area (Å²) in [4.78, 5) is 11.5. The van der Waals surface area contributed by atoms with Crippen molar-refractivity contribution in [1.82, 2.24) is 0 Å². The van der Waals surface area contributed by atoms with Crippen LogP contribution < -0.4 is 0 Å². The predicted molar refractivity (Wildman–Crippen MR) is 59.0 cm³/mol. The summed E-state index contributed by atoms with van der Waals surface area (Å²) in [6, 6.07) is 1.85. The van der Waals surface area contributed by atoms with Gasteiger partial charge in [-0.2, -0.15) is 0 Å². The highest BCUT2D eigenvalue weighted by Gasteiger charge is 2.06. The first kappa shape index (κ1) is 10.5. The maximum atomic E-state index is 11.5. The molecule has 68 valence electrons. The Bertz CT molecular complexity index is 356. The molecule has 0 saturated carbocycles. The summed E-state index contributed by atoms with van der Waals surface area (Å²) in [6.45, 7) is 1.78. The minimum Gasteiger partial charge on any atom is -0.294 e. The molecule has 0 fully saturated rings. The number of thiophene rings is 1. The monoisotopic (exact) mass is 256 g/mol. The van der Waals surface area contributed by atoms with E-state index in [9.17, 15) is 4.79 Å². The second kappa shape index (κ2) is 5.21. The topological polar surface area (TPSA) is 17.1 Å². The van der Waals surface area contributed by atoms with E-state index < -0.39 is 0 Å². The Labute approximate surface area is 90.3 Å². The molecule has 1 nitrogen and oxygen atoms in total. The molecule has 0 saturated heterocycles. The molecule has 0 N–H and O–H groups in total. The van der Waals surface area contributed by atoms with Crippen molar-refractivity contribution in [1.29, 1.82) is 0 Å². The second-order valence-electron chi connectivity index (χ2n) is 2.49. The molecule has 0 aromatic carbocycles. The number of halogens is 1. The number of hydrogen-bond acceptors (Lipinski definition) is 2. The fourth-order valence-corrected chi connectivity index (χ4v) is 2.06. The molecule has 0 atom stereocenters. The van der Waals surface area contributed by atoms with Crippen LogP contribution >= 0.6 is 27.3 Å². The van der Waals surface area contributed by atoms with Crippen LogP contribution in [0.1, 0.15) is 30.1 Å². The van der Waals surface area contributed by atoms with Crippen LogP contribution in [0.25, 0.3) is 0 Å². The van der Waals surface area contributed by atoms with E-state index in [4.69, 9.17) is 0 Å². The molecule has 0 spiro atoms. The van der Waals surface area contributed by atoms with Crippen molar-refractivity contribution < 1.29 is 4.79 Å². The number of hydrogen-bond donors (Lipinski definition) is 0. The fourth-order valence-electron chi connectivity index (χ4n) is 0.902. The SMILES string of the molecule is CC#CCCC(=O)c1csc(Br)c1. The molecular formula is C10H9BrOS. The molecule has 0 amide bonds. The van der Waals surface area contributed by atoms with Gasteiger partial charge >= 0.3 is 0 Å². The van der Waals surface area contributed by atoms with Gasteiger partial charge in [-0.15, -0.1) is 23.2 Å². The van der Waals surface area contributed by atoms with Gasteiger partial charge in [0.2, 0.25) is 0 Å². The van der Waals surface area contributed by atoms with Gasteiger partial charge in [-0.3, -0.25) is 4.79 Å². The number of Topliss-reactive ketones (excluding diaryl/α,β-unsaturated/α-hetero) is 1. The van der Waals surface area contributed by atoms with Crippen molar-refractivity contribution in [3.8, 4) is 11.8 Å². The van der Waals surface area contributed by atoms with Crippen LogP contribution in [-0.2, 0) is 0 Å². The third-order valence-corrected chi connectivity index (χ3v) is 3.05. The maximum absolute atomic E-state index is 11.5. The van der Waals surface area contributed by atoms with E-state index >= 15 is 0 Å². The lowest BCUT2D eigenvalue weighted by Gasteiger charge is -1.91. The van der Waals surface area contributed by atoms with Crippen LogP contribution in [0.15, 0.2) is 15.2 Å². The quantitative estimate of drug-likeness (QED) is 0.598. The van der Waals surface area contributed by atoms with Crippen molar-refractivity contribution in [3.05, 3.63) is 20.8 Å². The molecule has 0 aliphatic heterocycles. The van der Waals surface area contributed by atoms with E-state index in [1.54, 1.807) is 6.92 Å². The van der Waals surface area contributed by atoms with Crippen LogP contribution in [-0.4, -0.2) is 5.78 Å². The van der Waals surface area contributed by atoms with Crippen molar-refractivity contribution >= 4 is 33.0 Å². The largest absolute Gasteiger partial charge is 0.294 e. The fraction of sp³-hybridized carbons (Fsp3) is 0.300. The third kappa shape index (κ3) is 3.33. The van der Waals surface area contributed by atoms with Gasteiger partial charge in [0.15, 0.2) is 5.78 Å². The van der Waals surface area contributed by atoms with Crippen LogP contribution in [0.4, 0.5) is 0 Å².